The fourth-order valence-corrected chi connectivity index (χ4v) is 4.26. The SMILES string of the molecule is COc1ccc(OC)c(CN2CCN(Cc3ccc(OC)c(OC)c3Br)CC2)c1. The van der Waals surface area contributed by atoms with E-state index in [0.717, 1.165) is 72.3 Å². The van der Waals surface area contributed by atoms with Crippen molar-refractivity contribution in [1.29, 1.82) is 0 Å². The molecule has 0 unspecified atom stereocenters. The molecule has 0 N–H and O–H groups in total. The van der Waals surface area contributed by atoms with Gasteiger partial charge in [0.2, 0.25) is 0 Å². The summed E-state index contributed by atoms with van der Waals surface area (Å²) >= 11 is 3.68. The summed E-state index contributed by atoms with van der Waals surface area (Å²) in [5, 5.41) is 0. The van der Waals surface area contributed by atoms with Crippen LogP contribution in [0.3, 0.4) is 0 Å². The number of halogens is 1. The van der Waals surface area contributed by atoms with E-state index >= 15 is 0 Å². The molecule has 0 aromatic heterocycles. The first-order chi connectivity index (χ1) is 14.1. The number of rotatable bonds is 8. The number of piperazine rings is 1. The maximum atomic E-state index is 5.52. The molecule has 0 aliphatic carbocycles. The van der Waals surface area contributed by atoms with Crippen LogP contribution >= 0.6 is 15.9 Å². The van der Waals surface area contributed by atoms with Gasteiger partial charge in [0.25, 0.3) is 0 Å². The number of hydrogen-bond acceptors (Lipinski definition) is 6. The van der Waals surface area contributed by atoms with Gasteiger partial charge in [-0.15, -0.1) is 0 Å². The van der Waals surface area contributed by atoms with Gasteiger partial charge < -0.3 is 18.9 Å². The number of hydrogen-bond donors (Lipinski definition) is 0. The molecule has 0 spiro atoms. The molecule has 7 heteroatoms. The minimum atomic E-state index is 0.736. The van der Waals surface area contributed by atoms with E-state index in [1.54, 1.807) is 28.4 Å². The van der Waals surface area contributed by atoms with Crippen LogP contribution in [0.15, 0.2) is 34.8 Å². The highest BCUT2D eigenvalue weighted by atomic mass is 79.9. The van der Waals surface area contributed by atoms with Crippen LogP contribution in [-0.2, 0) is 13.1 Å². The van der Waals surface area contributed by atoms with Gasteiger partial charge in [-0.1, -0.05) is 6.07 Å². The Labute approximate surface area is 181 Å². The highest BCUT2D eigenvalue weighted by Crippen LogP contribution is 2.38. The van der Waals surface area contributed by atoms with Crippen molar-refractivity contribution in [3.8, 4) is 23.0 Å². The van der Waals surface area contributed by atoms with E-state index < -0.39 is 0 Å². The Morgan fingerprint density at radius 3 is 1.86 bits per heavy atom. The largest absolute Gasteiger partial charge is 0.497 e. The lowest BCUT2D eigenvalue weighted by Gasteiger charge is -2.35. The first kappa shape index (κ1) is 21.7. The van der Waals surface area contributed by atoms with Gasteiger partial charge in [0.15, 0.2) is 11.5 Å². The van der Waals surface area contributed by atoms with Crippen molar-refractivity contribution in [2.24, 2.45) is 0 Å². The molecular weight excluding hydrogens is 436 g/mol. The van der Waals surface area contributed by atoms with E-state index in [9.17, 15) is 0 Å². The molecule has 2 aromatic carbocycles. The minimum Gasteiger partial charge on any atom is -0.497 e. The summed E-state index contributed by atoms with van der Waals surface area (Å²) in [4.78, 5) is 4.92. The first-order valence-electron chi connectivity index (χ1n) is 9.64. The van der Waals surface area contributed by atoms with Crippen LogP contribution in [0, 0.1) is 0 Å². The Morgan fingerprint density at radius 1 is 0.724 bits per heavy atom. The Kier molecular flexibility index (Phi) is 7.64. The van der Waals surface area contributed by atoms with Gasteiger partial charge in [-0.25, -0.2) is 0 Å². The predicted octanol–water partition coefficient (Wildman–Crippen LogP) is 3.80. The van der Waals surface area contributed by atoms with Crippen LogP contribution in [0.2, 0.25) is 0 Å². The van der Waals surface area contributed by atoms with Crippen molar-refractivity contribution < 1.29 is 18.9 Å². The number of benzene rings is 2. The number of nitrogens with zero attached hydrogens (tertiary/aromatic N) is 2. The van der Waals surface area contributed by atoms with E-state index in [2.05, 4.69) is 37.9 Å². The number of methoxy groups -OCH3 is 4. The molecule has 158 valence electrons. The van der Waals surface area contributed by atoms with E-state index in [1.165, 1.54) is 5.56 Å². The fraction of sp³-hybridized carbons (Fsp3) is 0.455. The molecular formula is C22H29BrN2O4. The summed E-state index contributed by atoms with van der Waals surface area (Å²) in [6, 6.07) is 10.0. The van der Waals surface area contributed by atoms with Crippen LogP contribution < -0.4 is 18.9 Å². The number of ether oxygens (including phenoxy) is 4. The highest BCUT2D eigenvalue weighted by Gasteiger charge is 2.21. The van der Waals surface area contributed by atoms with Crippen molar-refractivity contribution >= 4 is 15.9 Å². The molecule has 0 saturated carbocycles. The highest BCUT2D eigenvalue weighted by molar-refractivity contribution is 9.10. The summed E-state index contributed by atoms with van der Waals surface area (Å²) in [5.74, 6) is 3.24. The topological polar surface area (TPSA) is 43.4 Å². The molecule has 1 aliphatic rings. The maximum Gasteiger partial charge on any atom is 0.175 e. The van der Waals surface area contributed by atoms with Crippen molar-refractivity contribution in [3.05, 3.63) is 45.9 Å². The molecule has 1 fully saturated rings. The average Bonchev–Trinajstić information content (AvgIpc) is 2.76. The molecule has 2 aromatic rings. The third kappa shape index (κ3) is 5.15. The Bertz CT molecular complexity index is 823. The van der Waals surface area contributed by atoms with E-state index in [-0.39, 0.29) is 0 Å². The Balaban J connectivity index is 1.60. The van der Waals surface area contributed by atoms with Crippen LogP contribution in [0.25, 0.3) is 0 Å². The smallest absolute Gasteiger partial charge is 0.175 e. The van der Waals surface area contributed by atoms with Gasteiger partial charge >= 0.3 is 0 Å². The second kappa shape index (κ2) is 10.2. The zero-order valence-corrected chi connectivity index (χ0v) is 19.1. The Morgan fingerprint density at radius 2 is 1.31 bits per heavy atom. The lowest BCUT2D eigenvalue weighted by Crippen LogP contribution is -2.45. The van der Waals surface area contributed by atoms with Crippen LogP contribution in [0.5, 0.6) is 23.0 Å². The molecule has 0 bridgehead atoms. The molecule has 1 aliphatic heterocycles. The van der Waals surface area contributed by atoms with Crippen LogP contribution in [-0.4, -0.2) is 64.4 Å². The van der Waals surface area contributed by atoms with Crippen molar-refractivity contribution in [3.63, 3.8) is 0 Å². The van der Waals surface area contributed by atoms with Crippen molar-refractivity contribution in [2.75, 3.05) is 54.6 Å². The van der Waals surface area contributed by atoms with Gasteiger partial charge in [-0.3, -0.25) is 9.80 Å². The second-order valence-electron chi connectivity index (χ2n) is 7.00. The lowest BCUT2D eigenvalue weighted by molar-refractivity contribution is 0.121. The summed E-state index contributed by atoms with van der Waals surface area (Å²) in [5.41, 5.74) is 2.36. The molecule has 1 heterocycles. The van der Waals surface area contributed by atoms with Crippen molar-refractivity contribution in [2.45, 2.75) is 13.1 Å². The minimum absolute atomic E-state index is 0.736. The van der Waals surface area contributed by atoms with E-state index in [4.69, 9.17) is 18.9 Å². The zero-order valence-electron chi connectivity index (χ0n) is 17.5. The molecule has 0 amide bonds. The zero-order chi connectivity index (χ0) is 20.8. The van der Waals surface area contributed by atoms with Crippen LogP contribution in [0.1, 0.15) is 11.1 Å². The summed E-state index contributed by atoms with van der Waals surface area (Å²) in [6.45, 7) is 5.75. The monoisotopic (exact) mass is 464 g/mol. The molecule has 0 radical (unpaired) electrons. The van der Waals surface area contributed by atoms with Gasteiger partial charge in [-0.2, -0.15) is 0 Å². The molecule has 0 atom stereocenters. The summed E-state index contributed by atoms with van der Waals surface area (Å²) in [6.07, 6.45) is 0. The molecule has 3 rings (SSSR count). The van der Waals surface area contributed by atoms with Crippen molar-refractivity contribution in [1.82, 2.24) is 9.80 Å². The first-order valence-corrected chi connectivity index (χ1v) is 10.4. The standard InChI is InChI=1S/C22H29BrN2O4/c1-26-18-6-8-19(27-2)17(13-18)15-25-11-9-24(10-12-25)14-16-5-7-20(28-3)22(29-4)21(16)23/h5-8,13H,9-12,14-15H2,1-4H3. The predicted molar refractivity (Wildman–Crippen MR) is 117 cm³/mol. The molecule has 29 heavy (non-hydrogen) atoms. The Hall–Kier alpha value is -1.96. The second-order valence-corrected chi connectivity index (χ2v) is 7.80. The van der Waals surface area contributed by atoms with Gasteiger partial charge in [-0.05, 0) is 45.8 Å². The van der Waals surface area contributed by atoms with Crippen LogP contribution in [0.4, 0.5) is 0 Å². The van der Waals surface area contributed by atoms with Gasteiger partial charge in [0.1, 0.15) is 11.5 Å². The van der Waals surface area contributed by atoms with E-state index in [1.807, 2.05) is 18.2 Å². The van der Waals surface area contributed by atoms with E-state index in [0.29, 0.717) is 0 Å². The average molecular weight is 465 g/mol. The summed E-state index contributed by atoms with van der Waals surface area (Å²) < 4.78 is 22.7. The maximum absolute atomic E-state index is 5.52. The normalized spacial score (nSPS) is 15.2. The molecule has 6 nitrogen and oxygen atoms in total. The lowest BCUT2D eigenvalue weighted by atomic mass is 10.1. The molecule has 1 saturated heterocycles. The third-order valence-electron chi connectivity index (χ3n) is 5.31. The van der Waals surface area contributed by atoms with Gasteiger partial charge in [0, 0.05) is 44.8 Å². The quantitative estimate of drug-likeness (QED) is 0.591. The summed E-state index contributed by atoms with van der Waals surface area (Å²) in [7, 11) is 6.72. The fourth-order valence-electron chi connectivity index (χ4n) is 3.64. The third-order valence-corrected chi connectivity index (χ3v) is 6.17. The van der Waals surface area contributed by atoms with Gasteiger partial charge in [0.05, 0.1) is 32.9 Å².